The molecule has 0 spiro atoms. The molecule has 0 atom stereocenters. The molecule has 1 amide bonds. The van der Waals surface area contributed by atoms with E-state index in [4.69, 9.17) is 9.84 Å². The van der Waals surface area contributed by atoms with E-state index in [9.17, 15) is 9.59 Å². The van der Waals surface area contributed by atoms with Crippen molar-refractivity contribution >= 4 is 11.9 Å². The van der Waals surface area contributed by atoms with Gasteiger partial charge in [-0.05, 0) is 12.1 Å². The number of hydrazine groups is 1. The highest BCUT2D eigenvalue weighted by Crippen LogP contribution is 2.02. The zero-order valence-electron chi connectivity index (χ0n) is 9.63. The molecular weight excluding hydrogens is 238 g/mol. The van der Waals surface area contributed by atoms with Gasteiger partial charge in [0, 0.05) is 19.3 Å². The van der Waals surface area contributed by atoms with Crippen LogP contribution in [0.3, 0.4) is 0 Å². The standard InChI is InChI=1S/C11H13N3O4/c15-10(13-14-3-5-18-6-4-14)8-1-2-9(11(16)17)12-7-8/h1-2,7H,3-6H2,(H,13,15)(H,16,17). The molecule has 1 aromatic rings. The van der Waals surface area contributed by atoms with Crippen LogP contribution >= 0.6 is 0 Å². The second-order valence-electron chi connectivity index (χ2n) is 3.78. The highest BCUT2D eigenvalue weighted by molar-refractivity contribution is 5.94. The molecule has 2 rings (SSSR count). The number of rotatable bonds is 3. The van der Waals surface area contributed by atoms with Crippen molar-refractivity contribution in [2.24, 2.45) is 0 Å². The predicted molar refractivity (Wildman–Crippen MR) is 61.1 cm³/mol. The van der Waals surface area contributed by atoms with E-state index < -0.39 is 5.97 Å². The molecule has 1 aliphatic heterocycles. The topological polar surface area (TPSA) is 91.8 Å². The number of carbonyl (C=O) groups is 2. The number of carbonyl (C=O) groups excluding carboxylic acids is 1. The predicted octanol–water partition coefficient (Wildman–Crippen LogP) is -0.243. The van der Waals surface area contributed by atoms with E-state index in [-0.39, 0.29) is 11.6 Å². The van der Waals surface area contributed by atoms with E-state index in [1.54, 1.807) is 5.01 Å². The average Bonchev–Trinajstić information content (AvgIpc) is 2.40. The van der Waals surface area contributed by atoms with Crippen LogP contribution in [0.4, 0.5) is 0 Å². The lowest BCUT2D eigenvalue weighted by Crippen LogP contribution is -2.48. The van der Waals surface area contributed by atoms with Crippen LogP contribution in [0.15, 0.2) is 18.3 Å². The molecule has 2 N–H and O–H groups in total. The molecule has 7 heteroatoms. The Hall–Kier alpha value is -1.99. The molecule has 96 valence electrons. The van der Waals surface area contributed by atoms with Crippen molar-refractivity contribution in [3.05, 3.63) is 29.6 Å². The van der Waals surface area contributed by atoms with Gasteiger partial charge >= 0.3 is 5.97 Å². The Morgan fingerprint density at radius 1 is 1.33 bits per heavy atom. The SMILES string of the molecule is O=C(NN1CCOCC1)c1ccc(C(=O)O)nc1. The Labute approximate surface area is 103 Å². The third kappa shape index (κ3) is 3.02. The van der Waals surface area contributed by atoms with Gasteiger partial charge in [0.15, 0.2) is 0 Å². The number of pyridine rings is 1. The first-order valence-corrected chi connectivity index (χ1v) is 5.50. The molecule has 0 aliphatic carbocycles. The van der Waals surface area contributed by atoms with Gasteiger partial charge in [-0.1, -0.05) is 0 Å². The molecule has 1 fully saturated rings. The minimum absolute atomic E-state index is 0.0853. The number of hydrogen-bond donors (Lipinski definition) is 2. The summed E-state index contributed by atoms with van der Waals surface area (Å²) in [6, 6.07) is 2.74. The van der Waals surface area contributed by atoms with Gasteiger partial charge in [0.25, 0.3) is 5.91 Å². The highest BCUT2D eigenvalue weighted by Gasteiger charge is 2.15. The summed E-state index contributed by atoms with van der Waals surface area (Å²) in [7, 11) is 0. The third-order valence-corrected chi connectivity index (χ3v) is 2.52. The quantitative estimate of drug-likeness (QED) is 0.770. The maximum absolute atomic E-state index is 11.8. The molecule has 0 saturated carbocycles. The lowest BCUT2D eigenvalue weighted by atomic mass is 10.2. The van der Waals surface area contributed by atoms with E-state index in [0.29, 0.717) is 31.9 Å². The van der Waals surface area contributed by atoms with Crippen LogP contribution in [-0.4, -0.2) is 53.3 Å². The second-order valence-corrected chi connectivity index (χ2v) is 3.78. The molecule has 0 aromatic carbocycles. The molecule has 0 radical (unpaired) electrons. The molecule has 0 unspecified atom stereocenters. The van der Waals surface area contributed by atoms with Crippen LogP contribution in [0.2, 0.25) is 0 Å². The van der Waals surface area contributed by atoms with E-state index in [1.165, 1.54) is 18.3 Å². The van der Waals surface area contributed by atoms with Crippen LogP contribution in [0.5, 0.6) is 0 Å². The molecule has 18 heavy (non-hydrogen) atoms. The molecule has 1 aromatic heterocycles. The minimum Gasteiger partial charge on any atom is -0.477 e. The zero-order valence-corrected chi connectivity index (χ0v) is 9.63. The van der Waals surface area contributed by atoms with Crippen molar-refractivity contribution < 1.29 is 19.4 Å². The fourth-order valence-electron chi connectivity index (χ4n) is 1.54. The minimum atomic E-state index is -1.12. The number of amides is 1. The average molecular weight is 251 g/mol. The first-order valence-electron chi connectivity index (χ1n) is 5.50. The van der Waals surface area contributed by atoms with Gasteiger partial charge < -0.3 is 9.84 Å². The van der Waals surface area contributed by atoms with E-state index >= 15 is 0 Å². The summed E-state index contributed by atoms with van der Waals surface area (Å²) in [6.45, 7) is 2.42. The first-order chi connectivity index (χ1) is 8.66. The molecule has 1 saturated heterocycles. The summed E-state index contributed by atoms with van der Waals surface area (Å²) in [4.78, 5) is 26.1. The number of hydrogen-bond acceptors (Lipinski definition) is 5. The number of carboxylic acid groups (broad SMARTS) is 1. The lowest BCUT2D eigenvalue weighted by Gasteiger charge is -2.26. The molecule has 2 heterocycles. The fraction of sp³-hybridized carbons (Fsp3) is 0.364. The Morgan fingerprint density at radius 2 is 2.06 bits per heavy atom. The maximum atomic E-state index is 11.8. The van der Waals surface area contributed by atoms with Gasteiger partial charge in [-0.25, -0.2) is 14.8 Å². The van der Waals surface area contributed by atoms with Gasteiger partial charge in [0.2, 0.25) is 0 Å². The number of nitrogens with one attached hydrogen (secondary N) is 1. The second kappa shape index (κ2) is 5.56. The summed E-state index contributed by atoms with van der Waals surface area (Å²) in [5.74, 6) is -1.42. The largest absolute Gasteiger partial charge is 0.477 e. The van der Waals surface area contributed by atoms with Crippen molar-refractivity contribution in [3.8, 4) is 0 Å². The van der Waals surface area contributed by atoms with Gasteiger partial charge in [0.1, 0.15) is 5.69 Å². The normalized spacial score (nSPS) is 16.2. The maximum Gasteiger partial charge on any atom is 0.354 e. The monoisotopic (exact) mass is 251 g/mol. The van der Waals surface area contributed by atoms with Crippen molar-refractivity contribution in [2.45, 2.75) is 0 Å². The number of carboxylic acids is 1. The van der Waals surface area contributed by atoms with Crippen LogP contribution in [0.25, 0.3) is 0 Å². The van der Waals surface area contributed by atoms with Crippen LogP contribution in [-0.2, 0) is 4.74 Å². The van der Waals surface area contributed by atoms with Gasteiger partial charge in [-0.15, -0.1) is 0 Å². The number of aromatic carboxylic acids is 1. The van der Waals surface area contributed by atoms with E-state index in [2.05, 4.69) is 10.4 Å². The van der Waals surface area contributed by atoms with Gasteiger partial charge in [-0.3, -0.25) is 10.2 Å². The number of nitrogens with zero attached hydrogens (tertiary/aromatic N) is 2. The van der Waals surface area contributed by atoms with E-state index in [0.717, 1.165) is 0 Å². The first kappa shape index (κ1) is 12.5. The van der Waals surface area contributed by atoms with Crippen LogP contribution in [0.1, 0.15) is 20.8 Å². The number of ether oxygens (including phenoxy) is 1. The Kier molecular flexibility index (Phi) is 3.85. The molecule has 7 nitrogen and oxygen atoms in total. The van der Waals surface area contributed by atoms with Crippen molar-refractivity contribution in [2.75, 3.05) is 26.3 Å². The fourth-order valence-corrected chi connectivity index (χ4v) is 1.54. The van der Waals surface area contributed by atoms with Crippen LogP contribution in [0, 0.1) is 0 Å². The Balaban J connectivity index is 1.97. The highest BCUT2D eigenvalue weighted by atomic mass is 16.5. The zero-order chi connectivity index (χ0) is 13.0. The summed E-state index contributed by atoms with van der Waals surface area (Å²) in [5.41, 5.74) is 2.95. The summed E-state index contributed by atoms with van der Waals surface area (Å²) < 4.78 is 5.16. The molecule has 1 aliphatic rings. The molecule has 0 bridgehead atoms. The number of morpholine rings is 1. The van der Waals surface area contributed by atoms with Gasteiger partial charge in [0.05, 0.1) is 18.8 Å². The molecular formula is C11H13N3O4. The third-order valence-electron chi connectivity index (χ3n) is 2.52. The van der Waals surface area contributed by atoms with Crippen molar-refractivity contribution in [3.63, 3.8) is 0 Å². The van der Waals surface area contributed by atoms with E-state index in [1.807, 2.05) is 0 Å². The van der Waals surface area contributed by atoms with Crippen molar-refractivity contribution in [1.29, 1.82) is 0 Å². The lowest BCUT2D eigenvalue weighted by molar-refractivity contribution is 0.0126. The Bertz CT molecular complexity index is 440. The summed E-state index contributed by atoms with van der Waals surface area (Å²) in [5, 5.41) is 10.5. The van der Waals surface area contributed by atoms with Crippen LogP contribution < -0.4 is 5.43 Å². The Morgan fingerprint density at radius 3 is 2.61 bits per heavy atom. The smallest absolute Gasteiger partial charge is 0.354 e. The summed E-state index contributed by atoms with van der Waals surface area (Å²) in [6.07, 6.45) is 1.25. The van der Waals surface area contributed by atoms with Gasteiger partial charge in [-0.2, -0.15) is 0 Å². The summed E-state index contributed by atoms with van der Waals surface area (Å²) >= 11 is 0. The van der Waals surface area contributed by atoms with Crippen molar-refractivity contribution in [1.82, 2.24) is 15.4 Å². The number of aromatic nitrogens is 1.